The van der Waals surface area contributed by atoms with E-state index >= 15 is 0 Å². The summed E-state index contributed by atoms with van der Waals surface area (Å²) in [6.07, 6.45) is 7.01. The zero-order chi connectivity index (χ0) is 10.0. The second kappa shape index (κ2) is 4.19. The number of aromatic nitrogens is 2. The average Bonchev–Trinajstić information content (AvgIpc) is 2.73. The first-order valence-electron chi connectivity index (χ1n) is 4.95. The van der Waals surface area contributed by atoms with E-state index in [1.807, 2.05) is 18.7 Å². The first kappa shape index (κ1) is 10.4. The van der Waals surface area contributed by atoms with Gasteiger partial charge in [0.15, 0.2) is 0 Å². The lowest BCUT2D eigenvalue weighted by molar-refractivity contribution is 0.621. The number of rotatable bonds is 3. The molecule has 0 radical (unpaired) electrons. The van der Waals surface area contributed by atoms with Crippen molar-refractivity contribution in [1.82, 2.24) is 9.55 Å². The number of thioether (sulfide) groups is 2. The van der Waals surface area contributed by atoms with E-state index < -0.39 is 0 Å². The third kappa shape index (κ3) is 2.48. The molecule has 0 spiro atoms. The summed E-state index contributed by atoms with van der Waals surface area (Å²) < 4.78 is 2.58. The molecule has 0 N–H and O–H groups in total. The first-order valence-corrected chi connectivity index (χ1v) is 6.82. The van der Waals surface area contributed by atoms with Crippen LogP contribution in [-0.2, 0) is 6.54 Å². The fourth-order valence-corrected chi connectivity index (χ4v) is 5.00. The van der Waals surface area contributed by atoms with Gasteiger partial charge in [-0.1, -0.05) is 6.92 Å². The number of imidazole rings is 1. The van der Waals surface area contributed by atoms with Gasteiger partial charge in [0.05, 0.1) is 10.4 Å². The molecule has 0 saturated carbocycles. The van der Waals surface area contributed by atoms with Crippen molar-refractivity contribution in [1.29, 1.82) is 0 Å². The number of hydrogen-bond acceptors (Lipinski definition) is 3. The van der Waals surface area contributed by atoms with E-state index in [4.69, 9.17) is 0 Å². The van der Waals surface area contributed by atoms with Crippen molar-refractivity contribution in [2.45, 2.75) is 36.1 Å². The molecule has 2 atom stereocenters. The Labute approximate surface area is 93.9 Å². The Kier molecular flexibility index (Phi) is 3.12. The second-order valence-electron chi connectivity index (χ2n) is 3.92. The molecule has 1 saturated heterocycles. The maximum atomic E-state index is 4.05. The summed E-state index contributed by atoms with van der Waals surface area (Å²) in [4.78, 5) is 4.05. The zero-order valence-corrected chi connectivity index (χ0v) is 10.3. The van der Waals surface area contributed by atoms with Gasteiger partial charge in [0.2, 0.25) is 0 Å². The zero-order valence-electron chi connectivity index (χ0n) is 8.64. The summed E-state index contributed by atoms with van der Waals surface area (Å²) in [7, 11) is 0. The summed E-state index contributed by atoms with van der Waals surface area (Å²) in [5.41, 5.74) is 0. The normalized spacial score (nSPS) is 32.3. The summed E-state index contributed by atoms with van der Waals surface area (Å²) in [6.45, 7) is 5.77. The van der Waals surface area contributed by atoms with Gasteiger partial charge in [-0.2, -0.15) is 0 Å². The van der Waals surface area contributed by atoms with Crippen LogP contribution in [0.25, 0.3) is 0 Å². The van der Waals surface area contributed by atoms with Crippen LogP contribution in [0.4, 0.5) is 0 Å². The van der Waals surface area contributed by atoms with Crippen LogP contribution in [0.1, 0.15) is 20.3 Å². The number of hydrogen-bond donors (Lipinski definition) is 0. The molecule has 1 aromatic rings. The monoisotopic (exact) mass is 228 g/mol. The minimum Gasteiger partial charge on any atom is -0.337 e. The van der Waals surface area contributed by atoms with Crippen molar-refractivity contribution in [3.05, 3.63) is 18.7 Å². The molecule has 2 heterocycles. The highest BCUT2D eigenvalue weighted by Gasteiger charge is 2.33. The first-order chi connectivity index (χ1) is 6.68. The van der Waals surface area contributed by atoms with Crippen LogP contribution in [0.2, 0.25) is 0 Å². The van der Waals surface area contributed by atoms with Crippen LogP contribution in [0, 0.1) is 0 Å². The standard InChI is InChI=1S/C10H16N2S2/c1-9-7-13-10(2,14-9)3-5-12-6-4-11-8-12/h4,6,8-9H,3,5,7H2,1-2H3. The molecular formula is C10H16N2S2. The molecule has 0 aromatic carbocycles. The van der Waals surface area contributed by atoms with Gasteiger partial charge in [-0.25, -0.2) is 4.98 Å². The van der Waals surface area contributed by atoms with Crippen LogP contribution in [0.5, 0.6) is 0 Å². The predicted molar refractivity (Wildman–Crippen MR) is 64.8 cm³/mol. The third-order valence-corrected chi connectivity index (χ3v) is 6.06. The van der Waals surface area contributed by atoms with Crippen LogP contribution in [0.3, 0.4) is 0 Å². The minimum absolute atomic E-state index is 0.420. The highest BCUT2D eigenvalue weighted by atomic mass is 32.2. The van der Waals surface area contributed by atoms with Crippen molar-refractivity contribution < 1.29 is 0 Å². The lowest BCUT2D eigenvalue weighted by Crippen LogP contribution is -2.14. The molecule has 1 aliphatic heterocycles. The third-order valence-electron chi connectivity index (χ3n) is 2.46. The van der Waals surface area contributed by atoms with Crippen LogP contribution in [0.15, 0.2) is 18.7 Å². The van der Waals surface area contributed by atoms with Crippen molar-refractivity contribution in [2.75, 3.05) is 5.75 Å². The molecule has 2 nitrogen and oxygen atoms in total. The molecule has 2 rings (SSSR count). The van der Waals surface area contributed by atoms with E-state index in [-0.39, 0.29) is 0 Å². The smallest absolute Gasteiger partial charge is 0.0945 e. The maximum Gasteiger partial charge on any atom is 0.0945 e. The molecule has 0 bridgehead atoms. The van der Waals surface area contributed by atoms with E-state index in [0.717, 1.165) is 11.8 Å². The highest BCUT2D eigenvalue weighted by molar-refractivity contribution is 8.21. The van der Waals surface area contributed by atoms with Crippen LogP contribution in [-0.4, -0.2) is 24.6 Å². The second-order valence-corrected chi connectivity index (χ2v) is 7.65. The molecule has 2 unspecified atom stereocenters. The summed E-state index contributed by atoms with van der Waals surface area (Å²) in [6, 6.07) is 0. The van der Waals surface area contributed by atoms with Gasteiger partial charge in [-0.05, 0) is 13.3 Å². The lowest BCUT2D eigenvalue weighted by Gasteiger charge is -2.22. The van der Waals surface area contributed by atoms with Crippen LogP contribution >= 0.6 is 23.5 Å². The van der Waals surface area contributed by atoms with Crippen molar-refractivity contribution >= 4 is 23.5 Å². The van der Waals surface area contributed by atoms with E-state index in [0.29, 0.717) is 4.08 Å². The quantitative estimate of drug-likeness (QED) is 0.792. The van der Waals surface area contributed by atoms with Crippen molar-refractivity contribution in [3.8, 4) is 0 Å². The fourth-order valence-electron chi connectivity index (χ4n) is 1.67. The summed E-state index contributed by atoms with van der Waals surface area (Å²) >= 11 is 4.22. The van der Waals surface area contributed by atoms with Gasteiger partial charge < -0.3 is 4.57 Å². The van der Waals surface area contributed by atoms with Gasteiger partial charge in [0, 0.05) is 29.9 Å². The average molecular weight is 228 g/mol. The molecule has 14 heavy (non-hydrogen) atoms. The molecule has 4 heteroatoms. The van der Waals surface area contributed by atoms with Crippen LogP contribution < -0.4 is 0 Å². The van der Waals surface area contributed by atoms with E-state index in [1.165, 1.54) is 12.2 Å². The molecular weight excluding hydrogens is 212 g/mol. The molecule has 0 amide bonds. The Morgan fingerprint density at radius 1 is 1.64 bits per heavy atom. The molecule has 0 aliphatic carbocycles. The molecule has 78 valence electrons. The van der Waals surface area contributed by atoms with E-state index in [1.54, 1.807) is 0 Å². The maximum absolute atomic E-state index is 4.05. The Balaban J connectivity index is 1.86. The van der Waals surface area contributed by atoms with Gasteiger partial charge in [0.25, 0.3) is 0 Å². The fraction of sp³-hybridized carbons (Fsp3) is 0.700. The van der Waals surface area contributed by atoms with Gasteiger partial charge in [-0.3, -0.25) is 0 Å². The van der Waals surface area contributed by atoms with E-state index in [2.05, 4.69) is 46.9 Å². The Morgan fingerprint density at radius 3 is 3.07 bits per heavy atom. The lowest BCUT2D eigenvalue weighted by atomic mass is 10.3. The molecule has 1 aromatic heterocycles. The number of nitrogens with zero attached hydrogens (tertiary/aromatic N) is 2. The van der Waals surface area contributed by atoms with Gasteiger partial charge in [0.1, 0.15) is 0 Å². The summed E-state index contributed by atoms with van der Waals surface area (Å²) in [5, 5.41) is 0.813. The summed E-state index contributed by atoms with van der Waals surface area (Å²) in [5.74, 6) is 1.30. The Morgan fingerprint density at radius 2 is 2.50 bits per heavy atom. The topological polar surface area (TPSA) is 17.8 Å². The highest BCUT2D eigenvalue weighted by Crippen LogP contribution is 2.49. The Bertz CT molecular complexity index is 286. The van der Waals surface area contributed by atoms with Gasteiger partial charge >= 0.3 is 0 Å². The SMILES string of the molecule is CC1CSC(C)(CCn2ccnc2)S1. The van der Waals surface area contributed by atoms with Crippen molar-refractivity contribution in [2.24, 2.45) is 0 Å². The van der Waals surface area contributed by atoms with Crippen molar-refractivity contribution in [3.63, 3.8) is 0 Å². The Hall–Kier alpha value is -0.0900. The van der Waals surface area contributed by atoms with Gasteiger partial charge in [-0.15, -0.1) is 23.5 Å². The largest absolute Gasteiger partial charge is 0.337 e. The number of aryl methyl sites for hydroxylation is 1. The van der Waals surface area contributed by atoms with E-state index in [9.17, 15) is 0 Å². The molecule has 1 fully saturated rings. The predicted octanol–water partition coefficient (Wildman–Crippen LogP) is 2.86. The molecule has 1 aliphatic rings. The minimum atomic E-state index is 0.420.